The number of carbonyl (C=O) groups excluding carboxylic acids is 1. The first-order valence-corrected chi connectivity index (χ1v) is 11.0. The molecule has 9 heteroatoms. The molecule has 0 aromatic heterocycles. The minimum absolute atomic E-state index is 0.112. The van der Waals surface area contributed by atoms with Crippen LogP contribution in [0.15, 0.2) is 29.2 Å². The standard InChI is InChI=1S/C19H25F3N2O3S/c1-2-3-7-27-17(25)24-12-18(13-24)10-15(11-18)8-14-5-4-6-16(9-14)28(23,26)19(20,21)22/h4-6,9,15,23H,2-3,7-8,10-13H2,1H3. The molecule has 28 heavy (non-hydrogen) atoms. The number of alkyl halides is 3. The van der Waals surface area contributed by atoms with Crippen molar-refractivity contribution >= 4 is 15.8 Å². The average molecular weight is 418 g/mol. The maximum atomic E-state index is 12.8. The second kappa shape index (κ2) is 7.57. The molecule has 1 unspecified atom stereocenters. The Bertz CT molecular complexity index is 825. The zero-order valence-corrected chi connectivity index (χ0v) is 16.6. The number of likely N-dealkylation sites (tertiary alicyclic amines) is 1. The molecule has 1 saturated heterocycles. The van der Waals surface area contributed by atoms with E-state index in [-0.39, 0.29) is 11.5 Å². The molecule has 156 valence electrons. The number of nitrogens with one attached hydrogen (secondary N) is 1. The van der Waals surface area contributed by atoms with Crippen LogP contribution in [-0.2, 0) is 20.9 Å². The van der Waals surface area contributed by atoms with Gasteiger partial charge >= 0.3 is 11.6 Å². The van der Waals surface area contributed by atoms with Crippen LogP contribution in [0.4, 0.5) is 18.0 Å². The van der Waals surface area contributed by atoms with Crippen LogP contribution in [0.2, 0.25) is 0 Å². The van der Waals surface area contributed by atoms with Gasteiger partial charge in [0, 0.05) is 18.5 Å². The van der Waals surface area contributed by atoms with E-state index in [1.54, 1.807) is 11.0 Å². The van der Waals surface area contributed by atoms with Crippen molar-refractivity contribution in [2.75, 3.05) is 19.7 Å². The minimum Gasteiger partial charge on any atom is -0.449 e. The maximum Gasteiger partial charge on any atom is 0.483 e. The van der Waals surface area contributed by atoms with E-state index in [1.165, 1.54) is 12.1 Å². The van der Waals surface area contributed by atoms with Crippen molar-refractivity contribution < 1.29 is 26.9 Å². The van der Waals surface area contributed by atoms with Gasteiger partial charge in [0.1, 0.15) is 0 Å². The Labute approximate surface area is 163 Å². The summed E-state index contributed by atoms with van der Waals surface area (Å²) in [5, 5.41) is 0. The molecule has 1 aromatic rings. The second-order valence-corrected chi connectivity index (χ2v) is 10.00. The van der Waals surface area contributed by atoms with Gasteiger partial charge in [0.2, 0.25) is 0 Å². The Morgan fingerprint density at radius 1 is 1.36 bits per heavy atom. The Balaban J connectivity index is 1.50. The lowest BCUT2D eigenvalue weighted by atomic mass is 9.56. The number of nitrogens with zero attached hydrogens (tertiary/aromatic N) is 1. The van der Waals surface area contributed by atoms with E-state index in [2.05, 4.69) is 0 Å². The SMILES string of the molecule is CCCCOC(=O)N1CC2(CC(Cc3cccc(S(=N)(=O)C(F)(F)F)c3)C2)C1. The summed E-state index contributed by atoms with van der Waals surface area (Å²) in [5.74, 6) is 0.321. The molecular weight excluding hydrogens is 393 g/mol. The van der Waals surface area contributed by atoms with E-state index < -0.39 is 20.1 Å². The molecule has 1 aliphatic heterocycles. The highest BCUT2D eigenvalue weighted by Crippen LogP contribution is 2.53. The van der Waals surface area contributed by atoms with E-state index in [4.69, 9.17) is 9.52 Å². The van der Waals surface area contributed by atoms with E-state index in [0.717, 1.165) is 31.7 Å². The van der Waals surface area contributed by atoms with Crippen LogP contribution in [0.5, 0.6) is 0 Å². The molecule has 0 radical (unpaired) electrons. The van der Waals surface area contributed by atoms with Crippen molar-refractivity contribution in [3.63, 3.8) is 0 Å². The van der Waals surface area contributed by atoms with Crippen LogP contribution < -0.4 is 0 Å². The molecule has 2 aliphatic rings. The van der Waals surface area contributed by atoms with Gasteiger partial charge in [-0.25, -0.2) is 13.8 Å². The molecule has 0 bridgehead atoms. The third-order valence-electron chi connectivity index (χ3n) is 5.56. The highest BCUT2D eigenvalue weighted by atomic mass is 32.2. The van der Waals surface area contributed by atoms with Crippen molar-refractivity contribution in [1.29, 1.82) is 4.78 Å². The lowest BCUT2D eigenvalue weighted by molar-refractivity contribution is -0.0843. The molecule has 1 saturated carbocycles. The van der Waals surface area contributed by atoms with Crippen molar-refractivity contribution in [3.05, 3.63) is 29.8 Å². The number of unbranched alkanes of at least 4 members (excludes halogenated alkanes) is 1. The van der Waals surface area contributed by atoms with E-state index >= 15 is 0 Å². The van der Waals surface area contributed by atoms with Crippen LogP contribution in [0.25, 0.3) is 0 Å². The zero-order valence-electron chi connectivity index (χ0n) is 15.8. The smallest absolute Gasteiger partial charge is 0.449 e. The third kappa shape index (κ3) is 4.14. The molecule has 1 aromatic carbocycles. The first-order chi connectivity index (χ1) is 13.1. The Kier molecular flexibility index (Phi) is 5.67. The van der Waals surface area contributed by atoms with E-state index in [1.807, 2.05) is 6.92 Å². The molecule has 1 N–H and O–H groups in total. The highest BCUT2D eigenvalue weighted by Gasteiger charge is 2.53. The zero-order chi connectivity index (χ0) is 20.6. The lowest BCUT2D eigenvalue weighted by Gasteiger charge is -2.58. The molecule has 1 aliphatic carbocycles. The van der Waals surface area contributed by atoms with Crippen LogP contribution in [0, 0.1) is 16.1 Å². The van der Waals surface area contributed by atoms with Crippen molar-refractivity contribution in [1.82, 2.24) is 4.90 Å². The van der Waals surface area contributed by atoms with Crippen LogP contribution >= 0.6 is 0 Å². The predicted octanol–water partition coefficient (Wildman–Crippen LogP) is 4.80. The number of amides is 1. The molecular formula is C19H25F3N2O3S. The van der Waals surface area contributed by atoms with Gasteiger partial charge in [0.15, 0.2) is 9.73 Å². The largest absolute Gasteiger partial charge is 0.483 e. The third-order valence-corrected chi connectivity index (χ3v) is 7.13. The summed E-state index contributed by atoms with van der Waals surface area (Å²) in [6.07, 6.45) is 3.96. The van der Waals surface area contributed by atoms with E-state index in [9.17, 15) is 22.2 Å². The summed E-state index contributed by atoms with van der Waals surface area (Å²) in [4.78, 5) is 13.1. The van der Waals surface area contributed by atoms with Gasteiger partial charge in [-0.1, -0.05) is 25.5 Å². The number of hydrogen-bond donors (Lipinski definition) is 1. The molecule has 5 nitrogen and oxygen atoms in total. The van der Waals surface area contributed by atoms with Crippen LogP contribution in [0.1, 0.15) is 38.2 Å². The quantitative estimate of drug-likeness (QED) is 0.675. The van der Waals surface area contributed by atoms with Gasteiger partial charge in [0.25, 0.3) is 0 Å². The predicted molar refractivity (Wildman–Crippen MR) is 98.3 cm³/mol. The summed E-state index contributed by atoms with van der Waals surface area (Å²) < 4.78 is 62.7. The minimum atomic E-state index is -5.08. The van der Waals surface area contributed by atoms with Gasteiger partial charge in [-0.05, 0) is 49.3 Å². The summed E-state index contributed by atoms with van der Waals surface area (Å²) >= 11 is 0. The summed E-state index contributed by atoms with van der Waals surface area (Å²) in [6.45, 7) is 3.81. The second-order valence-electron chi connectivity index (χ2n) is 7.95. The normalized spacial score (nSPS) is 20.9. The van der Waals surface area contributed by atoms with Crippen LogP contribution in [0.3, 0.4) is 0 Å². The van der Waals surface area contributed by atoms with Crippen molar-refractivity contribution in [2.24, 2.45) is 11.3 Å². The topological polar surface area (TPSA) is 70.5 Å². The fourth-order valence-corrected chi connectivity index (χ4v) is 5.03. The van der Waals surface area contributed by atoms with E-state index in [0.29, 0.717) is 37.6 Å². The molecule has 1 atom stereocenters. The molecule has 1 heterocycles. The van der Waals surface area contributed by atoms with Gasteiger partial charge in [-0.15, -0.1) is 0 Å². The summed E-state index contributed by atoms with van der Waals surface area (Å²) in [5.41, 5.74) is -4.30. The average Bonchev–Trinajstić information content (AvgIpc) is 2.55. The molecule has 2 fully saturated rings. The number of benzene rings is 1. The highest BCUT2D eigenvalue weighted by molar-refractivity contribution is 7.93. The van der Waals surface area contributed by atoms with Gasteiger partial charge in [-0.2, -0.15) is 13.2 Å². The van der Waals surface area contributed by atoms with Gasteiger partial charge in [0.05, 0.1) is 11.5 Å². The Morgan fingerprint density at radius 2 is 2.04 bits per heavy atom. The first kappa shape index (κ1) is 21.0. The fourth-order valence-electron chi connectivity index (χ4n) is 4.17. The number of rotatable bonds is 6. The lowest BCUT2D eigenvalue weighted by Crippen LogP contribution is -2.64. The van der Waals surface area contributed by atoms with Gasteiger partial charge < -0.3 is 9.64 Å². The molecule has 1 amide bonds. The summed E-state index contributed by atoms with van der Waals surface area (Å²) in [7, 11) is -4.82. The number of carbonyl (C=O) groups is 1. The fraction of sp³-hybridized carbons (Fsp3) is 0.632. The van der Waals surface area contributed by atoms with Crippen molar-refractivity contribution in [2.45, 2.75) is 49.4 Å². The molecule has 3 rings (SSSR count). The monoisotopic (exact) mass is 418 g/mol. The number of ether oxygens (including phenoxy) is 1. The molecule has 1 spiro atoms. The number of halogens is 3. The summed E-state index contributed by atoms with van der Waals surface area (Å²) in [6, 6.07) is 5.48. The number of hydrogen-bond acceptors (Lipinski definition) is 4. The Morgan fingerprint density at radius 3 is 2.64 bits per heavy atom. The Hall–Kier alpha value is -1.77. The first-order valence-electron chi connectivity index (χ1n) is 9.42. The van der Waals surface area contributed by atoms with Crippen molar-refractivity contribution in [3.8, 4) is 0 Å². The van der Waals surface area contributed by atoms with Gasteiger partial charge in [-0.3, -0.25) is 0 Å². The van der Waals surface area contributed by atoms with Crippen LogP contribution in [-0.4, -0.2) is 40.4 Å². The maximum absolute atomic E-state index is 12.8.